The van der Waals surface area contributed by atoms with Gasteiger partial charge in [0.05, 0.1) is 13.2 Å². The van der Waals surface area contributed by atoms with Gasteiger partial charge in [-0.3, -0.25) is 0 Å². The summed E-state index contributed by atoms with van der Waals surface area (Å²) in [7, 11) is 1.86. The highest BCUT2D eigenvalue weighted by Gasteiger charge is 2.22. The highest BCUT2D eigenvalue weighted by molar-refractivity contribution is 5.74. The van der Waals surface area contributed by atoms with E-state index in [9.17, 15) is 4.79 Å². The molecule has 0 saturated heterocycles. The fourth-order valence-corrected chi connectivity index (χ4v) is 1.81. The van der Waals surface area contributed by atoms with Gasteiger partial charge in [-0.1, -0.05) is 13.3 Å². The molecule has 0 aliphatic carbocycles. The summed E-state index contributed by atoms with van der Waals surface area (Å²) in [6.07, 6.45) is 5.26. The summed E-state index contributed by atoms with van der Waals surface area (Å²) in [4.78, 5) is 16.1. The maximum Gasteiger partial charge on any atom is 0.329 e. The summed E-state index contributed by atoms with van der Waals surface area (Å²) >= 11 is 0. The van der Waals surface area contributed by atoms with Crippen LogP contribution in [0.5, 0.6) is 0 Å². The number of nitrogens with one attached hydrogen (secondary N) is 1. The Morgan fingerprint density at radius 3 is 2.94 bits per heavy atom. The molecular formula is C12H21N3O2. The van der Waals surface area contributed by atoms with Gasteiger partial charge in [-0.05, 0) is 20.4 Å². The van der Waals surface area contributed by atoms with Crippen molar-refractivity contribution in [3.05, 3.63) is 18.2 Å². The number of ether oxygens (including phenoxy) is 1. The molecule has 17 heavy (non-hydrogen) atoms. The summed E-state index contributed by atoms with van der Waals surface area (Å²) in [5.74, 6) is 0.684. The summed E-state index contributed by atoms with van der Waals surface area (Å²) in [5, 5.41) is 3.04. The van der Waals surface area contributed by atoms with Crippen LogP contribution in [-0.2, 0) is 16.1 Å². The average Bonchev–Trinajstić information content (AvgIpc) is 2.75. The van der Waals surface area contributed by atoms with Crippen LogP contribution in [0.3, 0.4) is 0 Å². The smallest absolute Gasteiger partial charge is 0.329 e. The molecule has 0 fully saturated rings. The van der Waals surface area contributed by atoms with E-state index in [0.717, 1.165) is 18.7 Å². The first-order chi connectivity index (χ1) is 8.24. The van der Waals surface area contributed by atoms with E-state index in [1.54, 1.807) is 6.20 Å². The Labute approximate surface area is 102 Å². The van der Waals surface area contributed by atoms with Crippen molar-refractivity contribution in [2.45, 2.75) is 39.3 Å². The predicted molar refractivity (Wildman–Crippen MR) is 65.6 cm³/mol. The molecule has 0 bridgehead atoms. The Balaban J connectivity index is 2.88. The molecule has 1 N–H and O–H groups in total. The number of rotatable bonds is 7. The molecule has 0 spiro atoms. The monoisotopic (exact) mass is 239 g/mol. The number of carbonyl (C=O) groups is 1. The zero-order valence-corrected chi connectivity index (χ0v) is 10.8. The number of imidazole rings is 1. The second-order valence-electron chi connectivity index (χ2n) is 3.84. The van der Waals surface area contributed by atoms with Gasteiger partial charge in [0.2, 0.25) is 0 Å². The molecule has 1 rings (SSSR count). The van der Waals surface area contributed by atoms with E-state index in [1.165, 1.54) is 0 Å². The van der Waals surface area contributed by atoms with Crippen LogP contribution < -0.4 is 5.32 Å². The van der Waals surface area contributed by atoms with E-state index < -0.39 is 0 Å². The van der Waals surface area contributed by atoms with Crippen LogP contribution in [0.1, 0.15) is 38.6 Å². The third kappa shape index (κ3) is 3.56. The third-order valence-corrected chi connectivity index (χ3v) is 2.54. The maximum absolute atomic E-state index is 11.9. The summed E-state index contributed by atoms with van der Waals surface area (Å²) in [5.41, 5.74) is 0. The topological polar surface area (TPSA) is 56.2 Å². The van der Waals surface area contributed by atoms with Crippen LogP contribution in [0.4, 0.5) is 0 Å². The Hall–Kier alpha value is -1.36. The summed E-state index contributed by atoms with van der Waals surface area (Å²) in [6.45, 7) is 4.94. The van der Waals surface area contributed by atoms with Crippen LogP contribution in [0.2, 0.25) is 0 Å². The standard InChI is InChI=1S/C12H21N3O2/c1-4-6-10(12(16)17-5-2)15-8-7-14-11(15)9-13-3/h7-8,10,13H,4-6,9H2,1-3H3. The quantitative estimate of drug-likeness (QED) is 0.733. The normalized spacial score (nSPS) is 12.4. The van der Waals surface area contributed by atoms with Crippen LogP contribution in [-0.4, -0.2) is 29.2 Å². The van der Waals surface area contributed by atoms with E-state index in [1.807, 2.05) is 24.7 Å². The summed E-state index contributed by atoms with van der Waals surface area (Å²) < 4.78 is 7.01. The molecule has 0 aliphatic rings. The van der Waals surface area contributed by atoms with Gasteiger partial charge in [0.25, 0.3) is 0 Å². The van der Waals surface area contributed by atoms with Crippen molar-refractivity contribution < 1.29 is 9.53 Å². The van der Waals surface area contributed by atoms with Crippen molar-refractivity contribution in [1.82, 2.24) is 14.9 Å². The SMILES string of the molecule is CCCC(C(=O)OCC)n1ccnc1CNC. The first kappa shape index (κ1) is 13.7. The van der Waals surface area contributed by atoms with Gasteiger partial charge in [-0.25, -0.2) is 9.78 Å². The largest absolute Gasteiger partial charge is 0.464 e. The van der Waals surface area contributed by atoms with Crippen molar-refractivity contribution in [1.29, 1.82) is 0 Å². The number of nitrogens with zero attached hydrogens (tertiary/aromatic N) is 2. The van der Waals surface area contributed by atoms with Crippen molar-refractivity contribution in [2.75, 3.05) is 13.7 Å². The maximum atomic E-state index is 11.9. The molecular weight excluding hydrogens is 218 g/mol. The zero-order chi connectivity index (χ0) is 12.7. The molecule has 1 atom stereocenters. The fraction of sp³-hybridized carbons (Fsp3) is 0.667. The second kappa shape index (κ2) is 7.06. The number of hydrogen-bond donors (Lipinski definition) is 1. The third-order valence-electron chi connectivity index (χ3n) is 2.54. The van der Waals surface area contributed by atoms with Gasteiger partial charge in [-0.15, -0.1) is 0 Å². The zero-order valence-electron chi connectivity index (χ0n) is 10.8. The first-order valence-corrected chi connectivity index (χ1v) is 6.07. The lowest BCUT2D eigenvalue weighted by molar-refractivity contribution is -0.147. The Morgan fingerprint density at radius 2 is 2.35 bits per heavy atom. The Bertz CT molecular complexity index is 349. The molecule has 1 aromatic rings. The lowest BCUT2D eigenvalue weighted by atomic mass is 10.1. The van der Waals surface area contributed by atoms with Crippen molar-refractivity contribution in [2.24, 2.45) is 0 Å². The number of carbonyl (C=O) groups excluding carboxylic acids is 1. The molecule has 0 amide bonds. The second-order valence-corrected chi connectivity index (χ2v) is 3.84. The minimum atomic E-state index is -0.259. The van der Waals surface area contributed by atoms with Crippen LogP contribution in [0.15, 0.2) is 12.4 Å². The minimum Gasteiger partial charge on any atom is -0.464 e. The molecule has 1 aromatic heterocycles. The van der Waals surface area contributed by atoms with E-state index in [4.69, 9.17) is 4.74 Å². The molecule has 0 aromatic carbocycles. The van der Waals surface area contributed by atoms with Crippen LogP contribution in [0.25, 0.3) is 0 Å². The number of hydrogen-bond acceptors (Lipinski definition) is 4. The van der Waals surface area contributed by atoms with Gasteiger partial charge in [0, 0.05) is 12.4 Å². The molecule has 96 valence electrons. The molecule has 1 unspecified atom stereocenters. The Kier molecular flexibility index (Phi) is 5.69. The number of aromatic nitrogens is 2. The van der Waals surface area contributed by atoms with E-state index in [0.29, 0.717) is 13.2 Å². The Morgan fingerprint density at radius 1 is 1.59 bits per heavy atom. The molecule has 0 radical (unpaired) electrons. The fourth-order valence-electron chi connectivity index (χ4n) is 1.81. The van der Waals surface area contributed by atoms with Crippen molar-refractivity contribution in [3.8, 4) is 0 Å². The van der Waals surface area contributed by atoms with Crippen LogP contribution >= 0.6 is 0 Å². The van der Waals surface area contributed by atoms with Crippen molar-refractivity contribution in [3.63, 3.8) is 0 Å². The lowest BCUT2D eigenvalue weighted by Gasteiger charge is -2.18. The minimum absolute atomic E-state index is 0.176. The highest BCUT2D eigenvalue weighted by atomic mass is 16.5. The molecule has 5 heteroatoms. The van der Waals surface area contributed by atoms with Gasteiger partial charge >= 0.3 is 5.97 Å². The lowest BCUT2D eigenvalue weighted by Crippen LogP contribution is -2.24. The highest BCUT2D eigenvalue weighted by Crippen LogP contribution is 2.18. The molecule has 5 nitrogen and oxygen atoms in total. The van der Waals surface area contributed by atoms with Gasteiger partial charge in [0.15, 0.2) is 0 Å². The van der Waals surface area contributed by atoms with Gasteiger partial charge < -0.3 is 14.6 Å². The molecule has 0 aliphatic heterocycles. The first-order valence-electron chi connectivity index (χ1n) is 6.07. The molecule has 1 heterocycles. The van der Waals surface area contributed by atoms with E-state index in [2.05, 4.69) is 17.2 Å². The molecule has 0 saturated carbocycles. The predicted octanol–water partition coefficient (Wildman–Crippen LogP) is 1.51. The van der Waals surface area contributed by atoms with Gasteiger partial charge in [0.1, 0.15) is 11.9 Å². The van der Waals surface area contributed by atoms with E-state index >= 15 is 0 Å². The average molecular weight is 239 g/mol. The summed E-state index contributed by atoms with van der Waals surface area (Å²) in [6, 6.07) is -0.259. The van der Waals surface area contributed by atoms with E-state index in [-0.39, 0.29) is 12.0 Å². The van der Waals surface area contributed by atoms with Crippen molar-refractivity contribution >= 4 is 5.97 Å². The van der Waals surface area contributed by atoms with Crippen LogP contribution in [0, 0.1) is 0 Å². The number of esters is 1. The van der Waals surface area contributed by atoms with Gasteiger partial charge in [-0.2, -0.15) is 0 Å².